The summed E-state index contributed by atoms with van der Waals surface area (Å²) in [6.45, 7) is 5.78. The van der Waals surface area contributed by atoms with Crippen LogP contribution in [0.2, 0.25) is 0 Å². The van der Waals surface area contributed by atoms with Gasteiger partial charge in [-0.25, -0.2) is 0 Å². The number of rotatable bonds is 19. The zero-order valence-electron chi connectivity index (χ0n) is 20.3. The highest BCUT2D eigenvalue weighted by Crippen LogP contribution is 1.81. The Bertz CT molecular complexity index is 521. The number of nitrogens with one attached hydrogen (secondary N) is 3. The standard InChI is InChI=1S/C15H28N2O7.C4H7NO3.CH5N/c1-2-14(19)16-3-6-22-11-12-24-13-15(20)17-4-7-21-9-10-23-8-5-18;1-3(6)5-2-4(7)8;1-2/h5H,2-4,6-13H2,1H3,(H,16,19)(H,17,20);2H2,1H3,(H,5,6)(H,7,8);2H2,1H3. The van der Waals surface area contributed by atoms with Crippen molar-refractivity contribution >= 4 is 30.0 Å². The van der Waals surface area contributed by atoms with Crippen LogP contribution in [0.5, 0.6) is 0 Å². The number of hydrogen-bond acceptors (Lipinski definition) is 10. The zero-order chi connectivity index (χ0) is 26.5. The van der Waals surface area contributed by atoms with Gasteiger partial charge in [0.25, 0.3) is 0 Å². The summed E-state index contributed by atoms with van der Waals surface area (Å²) in [5.41, 5.74) is 4.50. The van der Waals surface area contributed by atoms with E-state index in [4.69, 9.17) is 24.1 Å². The first kappa shape index (κ1) is 35.9. The van der Waals surface area contributed by atoms with Gasteiger partial charge in [0.1, 0.15) is 26.0 Å². The lowest BCUT2D eigenvalue weighted by atomic mass is 10.4. The van der Waals surface area contributed by atoms with Crippen LogP contribution in [0.3, 0.4) is 0 Å². The first-order valence-electron chi connectivity index (χ1n) is 10.6. The number of aliphatic carboxylic acids is 1. The second kappa shape index (κ2) is 30.4. The molecule has 0 unspecified atom stereocenters. The maximum Gasteiger partial charge on any atom is 0.322 e. The zero-order valence-corrected chi connectivity index (χ0v) is 20.3. The van der Waals surface area contributed by atoms with Gasteiger partial charge in [-0.2, -0.15) is 0 Å². The largest absolute Gasteiger partial charge is 0.480 e. The van der Waals surface area contributed by atoms with E-state index in [0.29, 0.717) is 65.4 Å². The Hall–Kier alpha value is -2.65. The fourth-order valence-electron chi connectivity index (χ4n) is 1.64. The third-order valence-corrected chi connectivity index (χ3v) is 3.11. The van der Waals surface area contributed by atoms with Crippen molar-refractivity contribution in [1.82, 2.24) is 16.0 Å². The fraction of sp³-hybridized carbons (Fsp3) is 0.750. The van der Waals surface area contributed by atoms with Crippen molar-refractivity contribution in [2.24, 2.45) is 5.73 Å². The number of carbonyl (C=O) groups is 5. The van der Waals surface area contributed by atoms with Crippen LogP contribution in [0.4, 0.5) is 0 Å². The van der Waals surface area contributed by atoms with Crippen LogP contribution >= 0.6 is 0 Å². The summed E-state index contributed by atoms with van der Waals surface area (Å²) in [6.07, 6.45) is 1.13. The lowest BCUT2D eigenvalue weighted by Gasteiger charge is -2.08. The van der Waals surface area contributed by atoms with Crippen molar-refractivity contribution in [2.45, 2.75) is 20.3 Å². The van der Waals surface area contributed by atoms with Gasteiger partial charge < -0.3 is 50.5 Å². The van der Waals surface area contributed by atoms with Gasteiger partial charge in [-0.3, -0.25) is 19.2 Å². The first-order chi connectivity index (χ1) is 16.3. The van der Waals surface area contributed by atoms with E-state index >= 15 is 0 Å². The molecular formula is C20H40N4O10. The summed E-state index contributed by atoms with van der Waals surface area (Å²) in [5, 5.41) is 15.4. The minimum atomic E-state index is -1.03. The molecule has 0 atom stereocenters. The molecule has 0 bridgehead atoms. The van der Waals surface area contributed by atoms with E-state index in [-0.39, 0.29) is 37.5 Å². The minimum absolute atomic E-state index is 0.0102. The van der Waals surface area contributed by atoms with Gasteiger partial charge in [0.15, 0.2) is 0 Å². The predicted molar refractivity (Wildman–Crippen MR) is 122 cm³/mol. The van der Waals surface area contributed by atoms with Gasteiger partial charge in [-0.15, -0.1) is 0 Å². The molecule has 34 heavy (non-hydrogen) atoms. The van der Waals surface area contributed by atoms with Crippen LogP contribution in [0.25, 0.3) is 0 Å². The molecule has 0 aliphatic carbocycles. The van der Waals surface area contributed by atoms with Crippen LogP contribution in [0.15, 0.2) is 0 Å². The normalized spacial score (nSPS) is 9.41. The molecule has 0 aromatic carbocycles. The van der Waals surface area contributed by atoms with Crippen molar-refractivity contribution in [3.05, 3.63) is 0 Å². The number of amides is 3. The van der Waals surface area contributed by atoms with Crippen molar-refractivity contribution in [3.63, 3.8) is 0 Å². The highest BCUT2D eigenvalue weighted by Gasteiger charge is 2.01. The molecule has 0 aliphatic heterocycles. The minimum Gasteiger partial charge on any atom is -0.480 e. The highest BCUT2D eigenvalue weighted by atomic mass is 16.5. The summed E-state index contributed by atoms with van der Waals surface area (Å²) < 4.78 is 20.5. The number of carboxylic acids is 1. The Morgan fingerprint density at radius 3 is 1.74 bits per heavy atom. The second-order valence-corrected chi connectivity index (χ2v) is 5.88. The van der Waals surface area contributed by atoms with E-state index in [2.05, 4.69) is 21.7 Å². The van der Waals surface area contributed by atoms with Crippen molar-refractivity contribution in [3.8, 4) is 0 Å². The molecule has 0 aliphatic rings. The predicted octanol–water partition coefficient (Wildman–Crippen LogP) is -2.32. The van der Waals surface area contributed by atoms with Crippen molar-refractivity contribution in [2.75, 3.05) is 79.5 Å². The van der Waals surface area contributed by atoms with E-state index in [0.717, 1.165) is 0 Å². The summed E-state index contributed by atoms with van der Waals surface area (Å²) >= 11 is 0. The molecule has 0 aromatic heterocycles. The van der Waals surface area contributed by atoms with Crippen LogP contribution in [0.1, 0.15) is 20.3 Å². The topological polar surface area (TPSA) is 205 Å². The molecule has 14 heteroatoms. The highest BCUT2D eigenvalue weighted by molar-refractivity contribution is 5.79. The van der Waals surface area contributed by atoms with Crippen LogP contribution in [-0.2, 0) is 42.9 Å². The Morgan fingerprint density at radius 1 is 0.794 bits per heavy atom. The maximum atomic E-state index is 11.4. The molecule has 0 heterocycles. The van der Waals surface area contributed by atoms with Crippen LogP contribution in [-0.4, -0.2) is 115 Å². The van der Waals surface area contributed by atoms with E-state index in [1.807, 2.05) is 0 Å². The summed E-state index contributed by atoms with van der Waals surface area (Å²) in [5.74, 6) is -1.59. The smallest absolute Gasteiger partial charge is 0.322 e. The molecule has 0 aromatic rings. The van der Waals surface area contributed by atoms with Gasteiger partial charge in [0.2, 0.25) is 17.7 Å². The maximum absolute atomic E-state index is 11.4. The Balaban J connectivity index is -0.000000806. The Kier molecular flexibility index (Phi) is 32.1. The molecular weight excluding hydrogens is 456 g/mol. The third-order valence-electron chi connectivity index (χ3n) is 3.11. The van der Waals surface area contributed by atoms with E-state index < -0.39 is 5.97 Å². The molecule has 6 N–H and O–H groups in total. The molecule has 0 fully saturated rings. The molecule has 0 radical (unpaired) electrons. The number of nitrogens with two attached hydrogens (primary N) is 1. The van der Waals surface area contributed by atoms with Gasteiger partial charge in [-0.05, 0) is 7.05 Å². The lowest BCUT2D eigenvalue weighted by molar-refractivity contribution is -0.137. The average Bonchev–Trinajstić information content (AvgIpc) is 2.82. The molecule has 0 saturated heterocycles. The molecule has 3 amide bonds. The fourth-order valence-corrected chi connectivity index (χ4v) is 1.64. The second-order valence-electron chi connectivity index (χ2n) is 5.88. The number of aldehydes is 1. The number of hydrogen-bond donors (Lipinski definition) is 5. The molecule has 0 spiro atoms. The number of ether oxygens (including phenoxy) is 4. The summed E-state index contributed by atoms with van der Waals surface area (Å²) in [4.78, 5) is 52.0. The van der Waals surface area contributed by atoms with Crippen LogP contribution in [0, 0.1) is 0 Å². The quantitative estimate of drug-likeness (QED) is 0.0947. The number of carboxylic acid groups (broad SMARTS) is 1. The average molecular weight is 497 g/mol. The van der Waals surface area contributed by atoms with Gasteiger partial charge in [0.05, 0.1) is 39.6 Å². The van der Waals surface area contributed by atoms with E-state index in [1.165, 1.54) is 14.0 Å². The molecule has 0 saturated carbocycles. The van der Waals surface area contributed by atoms with Gasteiger partial charge in [-0.1, -0.05) is 6.92 Å². The molecule has 0 rings (SSSR count). The van der Waals surface area contributed by atoms with E-state index in [9.17, 15) is 24.0 Å². The summed E-state index contributed by atoms with van der Waals surface area (Å²) in [7, 11) is 1.50. The Labute approximate surface area is 200 Å². The third kappa shape index (κ3) is 36.7. The SMILES string of the molecule is CC(=O)NCC(=O)O.CCC(=O)NCCOCCOCC(=O)NCCOCCOCC=O.CN. The first-order valence-corrected chi connectivity index (χ1v) is 10.6. The Morgan fingerprint density at radius 2 is 1.29 bits per heavy atom. The van der Waals surface area contributed by atoms with E-state index in [1.54, 1.807) is 6.92 Å². The monoisotopic (exact) mass is 496 g/mol. The van der Waals surface area contributed by atoms with Crippen molar-refractivity contribution < 1.29 is 48.0 Å². The van der Waals surface area contributed by atoms with Gasteiger partial charge >= 0.3 is 5.97 Å². The van der Waals surface area contributed by atoms with Crippen LogP contribution < -0.4 is 21.7 Å². The molecule has 14 nitrogen and oxygen atoms in total. The van der Waals surface area contributed by atoms with Crippen molar-refractivity contribution in [1.29, 1.82) is 0 Å². The summed E-state index contributed by atoms with van der Waals surface area (Å²) in [6, 6.07) is 0. The van der Waals surface area contributed by atoms with Gasteiger partial charge in [0, 0.05) is 26.4 Å². The number of carbonyl (C=O) groups excluding carboxylic acids is 4. The lowest BCUT2D eigenvalue weighted by Crippen LogP contribution is -2.31. The molecule has 200 valence electrons.